The van der Waals surface area contributed by atoms with Crippen molar-refractivity contribution in [3.63, 3.8) is 0 Å². The average Bonchev–Trinajstić information content (AvgIpc) is 2.55. The number of benzene rings is 2. The van der Waals surface area contributed by atoms with Crippen LogP contribution in [-0.2, 0) is 0 Å². The summed E-state index contributed by atoms with van der Waals surface area (Å²) in [5.41, 5.74) is 2.08. The molecule has 23 heavy (non-hydrogen) atoms. The number of carbonyl (C=O) groups excluding carboxylic acids is 1. The molecule has 0 spiro atoms. The zero-order valence-electron chi connectivity index (χ0n) is 11.9. The third-order valence-electron chi connectivity index (χ3n) is 3.19. The van der Waals surface area contributed by atoms with Gasteiger partial charge in [-0.3, -0.25) is 15.1 Å². The summed E-state index contributed by atoms with van der Waals surface area (Å²) >= 11 is 8.57. The minimum absolute atomic E-state index is 0.230. The summed E-state index contributed by atoms with van der Waals surface area (Å²) in [6.45, 7) is 0. The molecule has 1 amide bonds. The van der Waals surface area contributed by atoms with Crippen molar-refractivity contribution in [1.29, 1.82) is 0 Å². The van der Waals surface area contributed by atoms with Crippen LogP contribution in [0.2, 0.25) is 0 Å². The molecule has 1 heterocycles. The maximum absolute atomic E-state index is 12.2. The highest BCUT2D eigenvalue weighted by Gasteiger charge is 2.09. The zero-order valence-corrected chi connectivity index (χ0v) is 14.3. The van der Waals surface area contributed by atoms with Gasteiger partial charge >= 0.3 is 0 Å². The summed E-state index contributed by atoms with van der Waals surface area (Å²) in [7, 11) is 0. The number of anilines is 1. The first kappa shape index (κ1) is 15.6. The average molecular weight is 386 g/mol. The van der Waals surface area contributed by atoms with Gasteiger partial charge in [0.25, 0.3) is 5.91 Å². The van der Waals surface area contributed by atoms with E-state index in [9.17, 15) is 4.79 Å². The SMILES string of the molecule is O=C(NC(=S)Nc1cccc2cccnc12)c1cccc(Br)c1. The number of thiocarbonyl (C=S) groups is 1. The second kappa shape index (κ2) is 6.85. The van der Waals surface area contributed by atoms with Gasteiger partial charge < -0.3 is 5.32 Å². The minimum Gasteiger partial charge on any atom is -0.331 e. The van der Waals surface area contributed by atoms with Gasteiger partial charge in [-0.1, -0.05) is 40.2 Å². The van der Waals surface area contributed by atoms with E-state index in [0.29, 0.717) is 5.56 Å². The van der Waals surface area contributed by atoms with Gasteiger partial charge in [0.15, 0.2) is 5.11 Å². The minimum atomic E-state index is -0.267. The molecule has 0 aliphatic carbocycles. The molecule has 0 unspecified atom stereocenters. The Labute approximate surface area is 147 Å². The molecule has 0 bridgehead atoms. The van der Waals surface area contributed by atoms with Crippen LogP contribution >= 0.6 is 28.1 Å². The van der Waals surface area contributed by atoms with Gasteiger partial charge in [0, 0.05) is 21.6 Å². The smallest absolute Gasteiger partial charge is 0.257 e. The molecule has 4 nitrogen and oxygen atoms in total. The van der Waals surface area contributed by atoms with Gasteiger partial charge in [-0.25, -0.2) is 0 Å². The Hall–Kier alpha value is -2.31. The number of halogens is 1. The predicted octanol–water partition coefficient (Wildman–Crippen LogP) is 4.12. The van der Waals surface area contributed by atoms with E-state index in [0.717, 1.165) is 21.1 Å². The van der Waals surface area contributed by atoms with Crippen molar-refractivity contribution in [2.45, 2.75) is 0 Å². The first-order chi connectivity index (χ1) is 11.1. The lowest BCUT2D eigenvalue weighted by molar-refractivity contribution is 0.0977. The number of hydrogen-bond acceptors (Lipinski definition) is 3. The van der Waals surface area contributed by atoms with Gasteiger partial charge in [0.2, 0.25) is 0 Å². The molecule has 0 radical (unpaired) electrons. The van der Waals surface area contributed by atoms with Crippen molar-refractivity contribution in [2.75, 3.05) is 5.32 Å². The van der Waals surface area contributed by atoms with Crippen LogP contribution in [0.25, 0.3) is 10.9 Å². The number of rotatable bonds is 2. The highest BCUT2D eigenvalue weighted by Crippen LogP contribution is 2.20. The molecule has 2 N–H and O–H groups in total. The Kier molecular flexibility index (Phi) is 4.64. The number of pyridine rings is 1. The van der Waals surface area contributed by atoms with Crippen LogP contribution in [0.3, 0.4) is 0 Å². The van der Waals surface area contributed by atoms with Crippen LogP contribution in [-0.4, -0.2) is 16.0 Å². The van der Waals surface area contributed by atoms with Crippen molar-refractivity contribution in [2.24, 2.45) is 0 Å². The predicted molar refractivity (Wildman–Crippen MR) is 99.6 cm³/mol. The highest BCUT2D eigenvalue weighted by molar-refractivity contribution is 9.10. The Morgan fingerprint density at radius 3 is 2.70 bits per heavy atom. The summed E-state index contributed by atoms with van der Waals surface area (Å²) in [4.78, 5) is 16.5. The van der Waals surface area contributed by atoms with Crippen molar-refractivity contribution in [3.05, 3.63) is 70.8 Å². The molecule has 0 aliphatic heterocycles. The number of nitrogens with zero attached hydrogens (tertiary/aromatic N) is 1. The number of carbonyl (C=O) groups is 1. The topological polar surface area (TPSA) is 54.0 Å². The number of amides is 1. The molecule has 0 atom stereocenters. The van der Waals surface area contributed by atoms with Crippen molar-refractivity contribution < 1.29 is 4.79 Å². The normalized spacial score (nSPS) is 10.3. The number of aromatic nitrogens is 1. The monoisotopic (exact) mass is 385 g/mol. The first-order valence-electron chi connectivity index (χ1n) is 6.85. The molecule has 6 heteroatoms. The molecular formula is C17H12BrN3OS. The van der Waals surface area contributed by atoms with Crippen molar-refractivity contribution >= 4 is 55.8 Å². The fourth-order valence-electron chi connectivity index (χ4n) is 2.16. The Balaban J connectivity index is 1.75. The van der Waals surface area contributed by atoms with Gasteiger partial charge in [-0.05, 0) is 42.5 Å². The molecular weight excluding hydrogens is 374 g/mol. The first-order valence-corrected chi connectivity index (χ1v) is 8.05. The van der Waals surface area contributed by atoms with Crippen molar-refractivity contribution in [3.8, 4) is 0 Å². The molecule has 3 rings (SSSR count). The van der Waals surface area contributed by atoms with Crippen LogP contribution in [0.5, 0.6) is 0 Å². The van der Waals surface area contributed by atoms with E-state index < -0.39 is 0 Å². The zero-order chi connectivity index (χ0) is 16.2. The Morgan fingerprint density at radius 1 is 1.09 bits per heavy atom. The molecule has 1 aromatic heterocycles. The van der Waals surface area contributed by atoms with Crippen LogP contribution < -0.4 is 10.6 Å². The maximum atomic E-state index is 12.2. The summed E-state index contributed by atoms with van der Waals surface area (Å²) in [6.07, 6.45) is 1.72. The summed E-state index contributed by atoms with van der Waals surface area (Å²) < 4.78 is 0.835. The van der Waals surface area contributed by atoms with Crippen LogP contribution in [0.4, 0.5) is 5.69 Å². The molecule has 2 aromatic carbocycles. The van der Waals surface area contributed by atoms with E-state index >= 15 is 0 Å². The number of nitrogens with one attached hydrogen (secondary N) is 2. The van der Waals surface area contributed by atoms with E-state index in [2.05, 4.69) is 31.5 Å². The van der Waals surface area contributed by atoms with E-state index in [1.807, 2.05) is 36.4 Å². The highest BCUT2D eigenvalue weighted by atomic mass is 79.9. The largest absolute Gasteiger partial charge is 0.331 e. The Bertz CT molecular complexity index is 892. The second-order valence-corrected chi connectivity index (χ2v) is 6.12. The summed E-state index contributed by atoms with van der Waals surface area (Å²) in [6, 6.07) is 16.7. The molecule has 114 valence electrons. The van der Waals surface area contributed by atoms with Gasteiger partial charge in [0.05, 0.1) is 11.2 Å². The number of para-hydroxylation sites is 1. The lowest BCUT2D eigenvalue weighted by Crippen LogP contribution is -2.34. The van der Waals surface area contributed by atoms with E-state index in [4.69, 9.17) is 12.2 Å². The fraction of sp³-hybridized carbons (Fsp3) is 0. The molecule has 0 aliphatic rings. The Morgan fingerprint density at radius 2 is 1.87 bits per heavy atom. The van der Waals surface area contributed by atoms with E-state index in [-0.39, 0.29) is 11.0 Å². The van der Waals surface area contributed by atoms with E-state index in [1.165, 1.54) is 0 Å². The maximum Gasteiger partial charge on any atom is 0.257 e. The van der Waals surface area contributed by atoms with Gasteiger partial charge in [-0.2, -0.15) is 0 Å². The fourth-order valence-corrected chi connectivity index (χ4v) is 2.77. The van der Waals surface area contributed by atoms with Gasteiger partial charge in [0.1, 0.15) is 0 Å². The quantitative estimate of drug-likeness (QED) is 0.651. The molecule has 0 saturated heterocycles. The number of fused-ring (bicyclic) bond motifs is 1. The van der Waals surface area contributed by atoms with Gasteiger partial charge in [-0.15, -0.1) is 0 Å². The third-order valence-corrected chi connectivity index (χ3v) is 3.89. The number of hydrogen-bond donors (Lipinski definition) is 2. The second-order valence-electron chi connectivity index (χ2n) is 4.80. The summed E-state index contributed by atoms with van der Waals surface area (Å²) in [5, 5.41) is 6.92. The van der Waals surface area contributed by atoms with E-state index in [1.54, 1.807) is 24.4 Å². The van der Waals surface area contributed by atoms with Crippen LogP contribution in [0.1, 0.15) is 10.4 Å². The van der Waals surface area contributed by atoms with Crippen molar-refractivity contribution in [1.82, 2.24) is 10.3 Å². The standard InChI is InChI=1S/C17H12BrN3OS/c18-13-7-1-5-12(10-13)16(22)21-17(23)20-14-8-2-4-11-6-3-9-19-15(11)14/h1-10H,(H2,20,21,22,23). The molecule has 0 fully saturated rings. The van der Waals surface area contributed by atoms with Crippen LogP contribution in [0.15, 0.2) is 65.3 Å². The lowest BCUT2D eigenvalue weighted by Gasteiger charge is -2.11. The molecule has 3 aromatic rings. The lowest BCUT2D eigenvalue weighted by atomic mass is 10.2. The van der Waals surface area contributed by atoms with Crippen LogP contribution in [0, 0.1) is 0 Å². The summed E-state index contributed by atoms with van der Waals surface area (Å²) in [5.74, 6) is -0.267. The molecule has 0 saturated carbocycles. The third kappa shape index (κ3) is 3.72.